The van der Waals surface area contributed by atoms with E-state index in [2.05, 4.69) is 46.8 Å². The molecule has 0 unspecified atom stereocenters. The number of hydrogen-bond acceptors (Lipinski definition) is 5. The highest BCUT2D eigenvalue weighted by atomic mass is 35.5. The maximum Gasteiger partial charge on any atom is 0.0784 e. The van der Waals surface area contributed by atoms with E-state index in [0.717, 1.165) is 11.1 Å². The average molecular weight is 392 g/mol. The van der Waals surface area contributed by atoms with Gasteiger partial charge in [-0.15, -0.1) is 35.9 Å². The topological polar surface area (TPSA) is 48.6 Å². The fourth-order valence-corrected chi connectivity index (χ4v) is 2.77. The van der Waals surface area contributed by atoms with Gasteiger partial charge in [-0.05, 0) is 47.9 Å². The first-order chi connectivity index (χ1) is 11.7. The van der Waals surface area contributed by atoms with E-state index in [9.17, 15) is 0 Å². The van der Waals surface area contributed by atoms with Crippen molar-refractivity contribution in [2.24, 2.45) is 9.98 Å². The second-order valence-corrected chi connectivity index (χ2v) is 6.85. The van der Waals surface area contributed by atoms with Crippen molar-refractivity contribution in [3.63, 3.8) is 0 Å². The number of aliphatic imine (C=N–C) groups is 2. The minimum atomic E-state index is 0. The van der Waals surface area contributed by atoms with E-state index in [4.69, 9.17) is 5.41 Å². The maximum absolute atomic E-state index is 7.91. The van der Waals surface area contributed by atoms with E-state index in [-0.39, 0.29) is 12.4 Å². The summed E-state index contributed by atoms with van der Waals surface area (Å²) in [4.78, 5) is 11.1. The number of thioether (sulfide) groups is 2. The van der Waals surface area contributed by atoms with Crippen molar-refractivity contribution in [2.45, 2.75) is 9.79 Å². The third-order valence-corrected chi connectivity index (χ3v) is 4.76. The molecule has 0 aliphatic carbocycles. The lowest BCUT2D eigenvalue weighted by molar-refractivity contribution is 1.17. The molecule has 2 rings (SSSR count). The summed E-state index contributed by atoms with van der Waals surface area (Å²) in [5, 5.41) is 7.91. The lowest BCUT2D eigenvalue weighted by Gasteiger charge is -1.98. The molecule has 25 heavy (non-hydrogen) atoms. The Bertz CT molecular complexity index is 649. The first-order valence-corrected chi connectivity index (χ1v) is 10.0. The Kier molecular flexibility index (Phi) is 10.2. The molecule has 0 spiro atoms. The van der Waals surface area contributed by atoms with Gasteiger partial charge in [-0.25, -0.2) is 0 Å². The lowest BCUT2D eigenvalue weighted by atomic mass is 10.2. The van der Waals surface area contributed by atoms with Gasteiger partial charge in [-0.3, -0.25) is 9.98 Å². The first kappa shape index (κ1) is 21.5. The van der Waals surface area contributed by atoms with Crippen molar-refractivity contribution in [1.82, 2.24) is 0 Å². The minimum absolute atomic E-state index is 0. The smallest absolute Gasteiger partial charge is 0.0784 e. The highest BCUT2D eigenvalue weighted by Gasteiger charge is 1.95. The van der Waals surface area contributed by atoms with Gasteiger partial charge in [0.05, 0.1) is 18.8 Å². The molecule has 0 amide bonds. The fraction of sp³-hybridized carbons (Fsp3) is 0.211. The highest BCUT2D eigenvalue weighted by Crippen LogP contribution is 2.14. The van der Waals surface area contributed by atoms with Crippen molar-refractivity contribution in [3.8, 4) is 0 Å². The number of nitrogens with one attached hydrogen (secondary N) is 1. The maximum atomic E-state index is 7.91. The molecule has 0 fully saturated rings. The van der Waals surface area contributed by atoms with Gasteiger partial charge >= 0.3 is 0 Å². The van der Waals surface area contributed by atoms with Crippen LogP contribution in [-0.2, 0) is 0 Å². The van der Waals surface area contributed by atoms with Crippen LogP contribution in [-0.4, -0.2) is 43.7 Å². The molecule has 2 aromatic rings. The van der Waals surface area contributed by atoms with Gasteiger partial charge < -0.3 is 5.41 Å². The molecule has 2 aromatic carbocycles. The molecule has 0 bridgehead atoms. The molecular formula is C19H22ClN3S2. The lowest BCUT2D eigenvalue weighted by Crippen LogP contribution is -2.06. The highest BCUT2D eigenvalue weighted by molar-refractivity contribution is 7.98. The summed E-state index contributed by atoms with van der Waals surface area (Å²) in [5.41, 5.74) is 2.61. The number of rotatable bonds is 8. The molecule has 0 heterocycles. The summed E-state index contributed by atoms with van der Waals surface area (Å²) in [7, 11) is 0. The molecule has 0 aliphatic heterocycles. The van der Waals surface area contributed by atoms with Crippen LogP contribution in [0.4, 0.5) is 0 Å². The Labute approximate surface area is 164 Å². The summed E-state index contributed by atoms with van der Waals surface area (Å²) in [5.74, 6) is 0. The molecule has 1 N–H and O–H groups in total. The van der Waals surface area contributed by atoms with Crippen LogP contribution in [0.1, 0.15) is 11.1 Å². The van der Waals surface area contributed by atoms with Crippen LogP contribution in [0, 0.1) is 5.41 Å². The van der Waals surface area contributed by atoms with Crippen molar-refractivity contribution in [1.29, 1.82) is 5.41 Å². The van der Waals surface area contributed by atoms with Crippen LogP contribution < -0.4 is 0 Å². The second kappa shape index (κ2) is 11.9. The first-order valence-electron chi connectivity index (χ1n) is 7.55. The molecule has 0 radical (unpaired) electrons. The predicted octanol–water partition coefficient (Wildman–Crippen LogP) is 5.11. The largest absolute Gasteiger partial charge is 0.306 e. The summed E-state index contributed by atoms with van der Waals surface area (Å²) < 4.78 is 0. The summed E-state index contributed by atoms with van der Waals surface area (Å²) >= 11 is 3.44. The molecule has 0 aliphatic rings. The standard InChI is InChI=1S/C19H21N3S2.ClH/c1-23-18-7-3-15(4-8-18)11-21-13-17(20)14-22-12-16-5-9-19(24-2)10-6-16;/h3-12,20H,13-14H2,1-2H3;1H. The Morgan fingerprint density at radius 2 is 1.16 bits per heavy atom. The zero-order chi connectivity index (χ0) is 17.2. The van der Waals surface area contributed by atoms with Crippen LogP contribution in [0.2, 0.25) is 0 Å². The van der Waals surface area contributed by atoms with E-state index >= 15 is 0 Å². The molecule has 132 valence electrons. The van der Waals surface area contributed by atoms with E-state index in [1.807, 2.05) is 36.7 Å². The molecule has 6 heteroatoms. The number of nitrogens with zero attached hydrogens (tertiary/aromatic N) is 2. The summed E-state index contributed by atoms with van der Waals surface area (Å²) in [6.07, 6.45) is 7.73. The molecular weight excluding hydrogens is 370 g/mol. The van der Waals surface area contributed by atoms with Crippen LogP contribution >= 0.6 is 35.9 Å². The normalized spacial score (nSPS) is 11.0. The van der Waals surface area contributed by atoms with Crippen molar-refractivity contribution < 1.29 is 0 Å². The molecule has 0 aromatic heterocycles. The van der Waals surface area contributed by atoms with Crippen molar-refractivity contribution >= 4 is 54.1 Å². The van der Waals surface area contributed by atoms with Gasteiger partial charge in [0.2, 0.25) is 0 Å². The summed E-state index contributed by atoms with van der Waals surface area (Å²) in [6, 6.07) is 16.4. The Morgan fingerprint density at radius 3 is 1.48 bits per heavy atom. The quantitative estimate of drug-likeness (QED) is 0.502. The van der Waals surface area contributed by atoms with E-state index in [1.165, 1.54) is 9.79 Å². The third-order valence-electron chi connectivity index (χ3n) is 3.28. The molecule has 3 nitrogen and oxygen atoms in total. The Balaban J connectivity index is 0.00000312. The van der Waals surface area contributed by atoms with Crippen LogP contribution in [0.15, 0.2) is 68.3 Å². The van der Waals surface area contributed by atoms with E-state index in [0.29, 0.717) is 18.8 Å². The third kappa shape index (κ3) is 7.90. The minimum Gasteiger partial charge on any atom is -0.306 e. The number of benzene rings is 2. The monoisotopic (exact) mass is 391 g/mol. The zero-order valence-corrected chi connectivity index (χ0v) is 16.8. The number of halogens is 1. The fourth-order valence-electron chi connectivity index (χ4n) is 1.95. The Morgan fingerprint density at radius 1 is 0.800 bits per heavy atom. The van der Waals surface area contributed by atoms with E-state index < -0.39 is 0 Å². The van der Waals surface area contributed by atoms with Gasteiger partial charge in [0.15, 0.2) is 0 Å². The molecule has 0 saturated carbocycles. The van der Waals surface area contributed by atoms with Crippen LogP contribution in [0.3, 0.4) is 0 Å². The zero-order valence-electron chi connectivity index (χ0n) is 14.3. The molecule has 0 saturated heterocycles. The van der Waals surface area contributed by atoms with Gasteiger partial charge in [0.25, 0.3) is 0 Å². The van der Waals surface area contributed by atoms with E-state index in [1.54, 1.807) is 23.5 Å². The number of hydrogen-bond donors (Lipinski definition) is 1. The van der Waals surface area contributed by atoms with Crippen molar-refractivity contribution in [2.75, 3.05) is 25.6 Å². The summed E-state index contributed by atoms with van der Waals surface area (Å²) in [6.45, 7) is 0.764. The SMILES string of the molecule is CSc1ccc(C=NCC(=N)CN=Cc2ccc(SC)cc2)cc1.Cl. The van der Waals surface area contributed by atoms with Gasteiger partial charge in [-0.1, -0.05) is 24.3 Å². The van der Waals surface area contributed by atoms with Crippen molar-refractivity contribution in [3.05, 3.63) is 59.7 Å². The molecule has 0 atom stereocenters. The van der Waals surface area contributed by atoms with Gasteiger partial charge in [0, 0.05) is 22.2 Å². The predicted molar refractivity (Wildman–Crippen MR) is 116 cm³/mol. The van der Waals surface area contributed by atoms with Crippen LogP contribution in [0.25, 0.3) is 0 Å². The Hall–Kier alpha value is -1.56. The van der Waals surface area contributed by atoms with Gasteiger partial charge in [-0.2, -0.15) is 0 Å². The second-order valence-electron chi connectivity index (χ2n) is 5.09. The van der Waals surface area contributed by atoms with Gasteiger partial charge in [0.1, 0.15) is 0 Å². The average Bonchev–Trinajstić information content (AvgIpc) is 2.63. The van der Waals surface area contributed by atoms with Crippen LogP contribution in [0.5, 0.6) is 0 Å².